The Morgan fingerprint density at radius 3 is 2.62 bits per heavy atom. The highest BCUT2D eigenvalue weighted by Crippen LogP contribution is 2.38. The number of carbonyl (C=O) groups excluding carboxylic acids is 1. The zero-order valence-corrected chi connectivity index (χ0v) is 10.7. The van der Waals surface area contributed by atoms with Gasteiger partial charge in [-0.1, -0.05) is 42.4 Å². The van der Waals surface area contributed by atoms with Crippen molar-refractivity contribution in [3.05, 3.63) is 66.1 Å². The Morgan fingerprint density at radius 2 is 1.86 bits per heavy atom. The average molecular weight is 281 g/mol. The molecule has 0 atom stereocenters. The van der Waals surface area contributed by atoms with Gasteiger partial charge in [0.05, 0.1) is 18.1 Å². The molecule has 3 aromatic rings. The number of rotatable bonds is 3. The summed E-state index contributed by atoms with van der Waals surface area (Å²) in [5.41, 5.74) is -0.355. The number of phenolic OH excluding ortho intramolecular Hbond substituents is 1. The number of phenols is 1. The normalized spacial score (nSPS) is 14.4. The number of nitrogens with zero attached hydrogens (tertiary/aromatic N) is 2. The highest BCUT2D eigenvalue weighted by Gasteiger charge is 2.11. The molecule has 1 N–H and O–H groups in total. The molecule has 3 aromatic carbocycles. The van der Waals surface area contributed by atoms with Gasteiger partial charge in [0.2, 0.25) is 0 Å². The van der Waals surface area contributed by atoms with E-state index in [-0.39, 0.29) is 16.9 Å². The van der Waals surface area contributed by atoms with E-state index >= 15 is 0 Å². The maximum Gasteiger partial charge on any atom is 0.154 e. The van der Waals surface area contributed by atoms with Crippen LogP contribution in [0.25, 0.3) is 10.8 Å². The second-order valence-electron chi connectivity index (χ2n) is 4.18. The fourth-order valence-corrected chi connectivity index (χ4v) is 1.92. The molecule has 0 aliphatic heterocycles. The van der Waals surface area contributed by atoms with Crippen LogP contribution in [0.4, 0.5) is 11.4 Å². The molecule has 0 radical (unpaired) electrons. The van der Waals surface area contributed by atoms with E-state index in [1.165, 1.54) is 6.07 Å². The van der Waals surface area contributed by atoms with E-state index in [4.69, 9.17) is 6.85 Å². The summed E-state index contributed by atoms with van der Waals surface area (Å²) in [6.45, 7) is 0. The van der Waals surface area contributed by atoms with Crippen molar-refractivity contribution >= 4 is 28.4 Å². The highest BCUT2D eigenvalue weighted by molar-refractivity contribution is 6.01. The molecule has 0 heterocycles. The van der Waals surface area contributed by atoms with Crippen LogP contribution in [0.5, 0.6) is 5.75 Å². The molecule has 102 valence electrons. The molecule has 3 rings (SSSR count). The third-order valence-electron chi connectivity index (χ3n) is 2.89. The monoisotopic (exact) mass is 281 g/mol. The molecule has 0 fully saturated rings. The number of azo groups is 1. The minimum Gasteiger partial charge on any atom is -0.505 e. The van der Waals surface area contributed by atoms with Crippen LogP contribution in [-0.4, -0.2) is 11.4 Å². The quantitative estimate of drug-likeness (QED) is 0.555. The van der Waals surface area contributed by atoms with Gasteiger partial charge >= 0.3 is 0 Å². The molecule has 0 saturated heterocycles. The van der Waals surface area contributed by atoms with E-state index in [9.17, 15) is 9.90 Å². The topological polar surface area (TPSA) is 62.0 Å². The Morgan fingerprint density at radius 1 is 1.10 bits per heavy atom. The predicted molar refractivity (Wildman–Crippen MR) is 81.6 cm³/mol. The summed E-state index contributed by atoms with van der Waals surface area (Å²) in [4.78, 5) is 11.2. The van der Waals surface area contributed by atoms with Crippen molar-refractivity contribution in [2.75, 3.05) is 0 Å². The molecule has 4 nitrogen and oxygen atoms in total. The van der Waals surface area contributed by atoms with Gasteiger partial charge in [-0.15, -0.1) is 5.11 Å². The van der Waals surface area contributed by atoms with E-state index in [1.807, 2.05) is 0 Å². The van der Waals surface area contributed by atoms with Crippen LogP contribution in [0.15, 0.2) is 70.8 Å². The predicted octanol–water partition coefficient (Wildman–Crippen LogP) is 4.77. The van der Waals surface area contributed by atoms with Gasteiger partial charge in [-0.05, 0) is 23.5 Å². The first-order chi connectivity index (χ1) is 12.4. The first-order valence-electron chi connectivity index (χ1n) is 8.55. The summed E-state index contributed by atoms with van der Waals surface area (Å²) < 4.78 is 38.6. The average Bonchev–Trinajstić information content (AvgIpc) is 2.65. The molecular formula is C17H12N2O2. The van der Waals surface area contributed by atoms with Gasteiger partial charge < -0.3 is 5.11 Å². The molecule has 4 heteroatoms. The van der Waals surface area contributed by atoms with Crippen molar-refractivity contribution in [3.8, 4) is 5.75 Å². The lowest BCUT2D eigenvalue weighted by Crippen LogP contribution is -1.84. The van der Waals surface area contributed by atoms with Crippen LogP contribution in [0.3, 0.4) is 0 Å². The molecule has 0 spiro atoms. The van der Waals surface area contributed by atoms with E-state index in [0.29, 0.717) is 17.1 Å². The lowest BCUT2D eigenvalue weighted by molar-refractivity contribution is 0.112. The van der Waals surface area contributed by atoms with Crippen LogP contribution in [0.2, 0.25) is 0 Å². The minimum atomic E-state index is -0.532. The summed E-state index contributed by atoms with van der Waals surface area (Å²) in [5, 5.41) is 19.1. The van der Waals surface area contributed by atoms with E-state index < -0.39 is 36.0 Å². The summed E-state index contributed by atoms with van der Waals surface area (Å²) in [6.07, 6.45) is 0.478. The fraction of sp³-hybridized carbons (Fsp3) is 0. The Hall–Kier alpha value is -3.01. The highest BCUT2D eigenvalue weighted by atomic mass is 16.3. The van der Waals surface area contributed by atoms with Crippen LogP contribution < -0.4 is 0 Å². The second-order valence-corrected chi connectivity index (χ2v) is 4.18. The van der Waals surface area contributed by atoms with Gasteiger partial charge in [-0.2, -0.15) is 5.11 Å². The molecule has 21 heavy (non-hydrogen) atoms. The zero-order chi connectivity index (χ0) is 19.0. The van der Waals surface area contributed by atoms with Crippen molar-refractivity contribution in [2.24, 2.45) is 10.2 Å². The smallest absolute Gasteiger partial charge is 0.154 e. The van der Waals surface area contributed by atoms with Gasteiger partial charge in [-0.25, -0.2) is 0 Å². The summed E-state index contributed by atoms with van der Waals surface area (Å²) in [7, 11) is 0. The van der Waals surface area contributed by atoms with Gasteiger partial charge in [0, 0.05) is 5.39 Å². The molecule has 0 bridgehead atoms. The fourth-order valence-electron chi connectivity index (χ4n) is 1.92. The largest absolute Gasteiger partial charge is 0.505 e. The Kier molecular flexibility index (Phi) is 2.20. The molecule has 0 amide bonds. The number of carbonyl (C=O) groups is 1. The standard InChI is InChI=1S/C17H12N2O2/c20-11-13-10-12-6-4-5-9-15(12)16(17(13)21)19-18-14-7-2-1-3-8-14/h1-11,21H/b19-18+/i1D,2D,3D,7D,8D. The molecule has 0 saturated carbocycles. The van der Waals surface area contributed by atoms with Crippen molar-refractivity contribution in [2.45, 2.75) is 0 Å². The third kappa shape index (κ3) is 2.51. The number of fused-ring (bicyclic) bond motifs is 1. The Bertz CT molecular complexity index is 1050. The Labute approximate surface area is 128 Å². The number of hydrogen-bond acceptors (Lipinski definition) is 4. The van der Waals surface area contributed by atoms with Crippen molar-refractivity contribution in [1.82, 2.24) is 0 Å². The van der Waals surface area contributed by atoms with Gasteiger partial charge in [0.1, 0.15) is 5.69 Å². The van der Waals surface area contributed by atoms with Crippen LogP contribution in [0, 0.1) is 0 Å². The SMILES string of the molecule is [2H]c1c([2H])c([2H])c(/N=N/c2c(O)c(C=O)cc3ccccc23)c([2H])c1[2H]. The number of aromatic hydroxyl groups is 1. The minimum absolute atomic E-state index is 0.0127. The molecule has 0 aliphatic rings. The van der Waals surface area contributed by atoms with E-state index in [2.05, 4.69) is 10.2 Å². The molecular weight excluding hydrogens is 264 g/mol. The van der Waals surface area contributed by atoms with E-state index in [0.717, 1.165) is 0 Å². The third-order valence-corrected chi connectivity index (χ3v) is 2.89. The van der Waals surface area contributed by atoms with Crippen molar-refractivity contribution in [1.29, 1.82) is 0 Å². The first-order valence-corrected chi connectivity index (χ1v) is 6.05. The van der Waals surface area contributed by atoms with Crippen LogP contribution in [-0.2, 0) is 0 Å². The summed E-state index contributed by atoms with van der Waals surface area (Å²) in [5.74, 6) is -0.394. The van der Waals surface area contributed by atoms with Gasteiger partial charge in [-0.3, -0.25) is 4.79 Å². The first kappa shape index (κ1) is 8.32. The summed E-state index contributed by atoms with van der Waals surface area (Å²) in [6, 6.07) is 5.76. The second kappa shape index (κ2) is 5.54. The zero-order valence-electron chi connectivity index (χ0n) is 15.7. The molecule has 0 unspecified atom stereocenters. The maximum absolute atomic E-state index is 11.2. The Balaban J connectivity index is 2.25. The molecule has 0 aliphatic carbocycles. The van der Waals surface area contributed by atoms with Crippen LogP contribution in [0.1, 0.15) is 17.2 Å². The van der Waals surface area contributed by atoms with Gasteiger partial charge in [0.15, 0.2) is 12.0 Å². The lowest BCUT2D eigenvalue weighted by Gasteiger charge is -2.06. The lowest BCUT2D eigenvalue weighted by atomic mass is 10.0. The van der Waals surface area contributed by atoms with Gasteiger partial charge in [0.25, 0.3) is 0 Å². The van der Waals surface area contributed by atoms with Crippen molar-refractivity contribution in [3.63, 3.8) is 0 Å². The number of benzene rings is 3. The van der Waals surface area contributed by atoms with E-state index in [1.54, 1.807) is 24.3 Å². The van der Waals surface area contributed by atoms with Crippen molar-refractivity contribution < 1.29 is 16.8 Å². The number of hydrogen-bond donors (Lipinski definition) is 1. The summed E-state index contributed by atoms with van der Waals surface area (Å²) >= 11 is 0. The maximum atomic E-state index is 11.2. The van der Waals surface area contributed by atoms with Crippen LogP contribution >= 0.6 is 0 Å². The molecule has 0 aromatic heterocycles. The number of aldehydes is 1.